The Hall–Kier alpha value is -4.63. The van der Waals surface area contributed by atoms with Gasteiger partial charge in [0, 0.05) is 36.3 Å². The number of benzene rings is 2. The molecule has 1 saturated heterocycles. The molecule has 0 radical (unpaired) electrons. The Kier molecular flexibility index (Phi) is 9.20. The van der Waals surface area contributed by atoms with Gasteiger partial charge in [0.15, 0.2) is 5.82 Å². The van der Waals surface area contributed by atoms with Gasteiger partial charge in [-0.15, -0.1) is 5.10 Å². The number of carbonyl (C=O) groups is 3. The van der Waals surface area contributed by atoms with Crippen molar-refractivity contribution in [3.8, 4) is 6.07 Å². The molecule has 0 bridgehead atoms. The number of nitrogens with zero attached hydrogens (tertiary/aromatic N) is 5. The Morgan fingerprint density at radius 2 is 1.61 bits per heavy atom. The topological polar surface area (TPSA) is 169 Å². The predicted molar refractivity (Wildman–Crippen MR) is 181 cm³/mol. The van der Waals surface area contributed by atoms with E-state index >= 15 is 0 Å². The second-order valence-corrected chi connectivity index (χ2v) is 14.1. The van der Waals surface area contributed by atoms with Crippen LogP contribution in [0.15, 0.2) is 36.4 Å². The molecule has 7 rings (SSSR count). The lowest BCUT2D eigenvalue weighted by molar-refractivity contribution is -0.131. The minimum absolute atomic E-state index is 0.0187. The summed E-state index contributed by atoms with van der Waals surface area (Å²) in [6, 6.07) is 13.9. The van der Waals surface area contributed by atoms with E-state index in [9.17, 15) is 19.6 Å². The number of H-pyrrole nitrogens is 1. The highest BCUT2D eigenvalue weighted by molar-refractivity contribution is 5.95. The fourth-order valence-corrected chi connectivity index (χ4v) is 8.90. The summed E-state index contributed by atoms with van der Waals surface area (Å²) < 4.78 is 0. The van der Waals surface area contributed by atoms with Gasteiger partial charge in [-0.3, -0.25) is 14.4 Å². The maximum Gasteiger partial charge on any atom is 0.251 e. The molecule has 2 saturated carbocycles. The number of hydrogen-bond donors (Lipinski definition) is 4. The van der Waals surface area contributed by atoms with Crippen LogP contribution in [0, 0.1) is 23.2 Å². The molecule has 1 aliphatic heterocycles. The van der Waals surface area contributed by atoms with Crippen molar-refractivity contribution in [2.24, 2.45) is 11.8 Å². The number of fused-ring (bicyclic) bond motifs is 3. The number of nitrogens with one attached hydrogen (secondary N) is 4. The van der Waals surface area contributed by atoms with Gasteiger partial charge in [-0.25, -0.2) is 5.10 Å². The number of aryl methyl sites for hydroxylation is 2. The molecule has 3 aliphatic carbocycles. The molecule has 2 aromatic carbocycles. The molecule has 49 heavy (non-hydrogen) atoms. The van der Waals surface area contributed by atoms with Crippen LogP contribution in [0.1, 0.15) is 108 Å². The third-order valence-corrected chi connectivity index (χ3v) is 11.3. The molecule has 2 heterocycles. The van der Waals surface area contributed by atoms with E-state index < -0.39 is 5.41 Å². The number of rotatable bonds is 11. The Balaban J connectivity index is 1.34. The van der Waals surface area contributed by atoms with Gasteiger partial charge in [0.2, 0.25) is 5.91 Å². The first kappa shape index (κ1) is 32.9. The molecule has 3 amide bonds. The van der Waals surface area contributed by atoms with Crippen LogP contribution in [0.3, 0.4) is 0 Å². The Morgan fingerprint density at radius 1 is 0.980 bits per heavy atom. The van der Waals surface area contributed by atoms with Gasteiger partial charge >= 0.3 is 0 Å². The van der Waals surface area contributed by atoms with Crippen LogP contribution < -0.4 is 16.0 Å². The molecule has 256 valence electrons. The Morgan fingerprint density at radius 3 is 2.16 bits per heavy atom. The highest BCUT2D eigenvalue weighted by Gasteiger charge is 2.54. The van der Waals surface area contributed by atoms with E-state index in [4.69, 9.17) is 0 Å². The SMILES string of the molecule is CCNC(=O)c1ccc2c(c1)CCc1cc(C(=O)NCC)ccc1C2(C[C@@H](NCC(=O)N1C(C#N)C[C@@H]2C[C@@H]21)C1CCCC1)c1nnn[nH]1. The first-order valence-electron chi connectivity index (χ1n) is 17.9. The maximum absolute atomic E-state index is 13.7. The van der Waals surface area contributed by atoms with E-state index in [1.165, 1.54) is 0 Å². The number of hydrogen-bond acceptors (Lipinski definition) is 8. The molecular weight excluding hydrogens is 618 g/mol. The predicted octanol–water partition coefficient (Wildman–Crippen LogP) is 3.18. The van der Waals surface area contributed by atoms with Crippen molar-refractivity contribution < 1.29 is 14.4 Å². The quantitative estimate of drug-likeness (QED) is 0.243. The highest BCUT2D eigenvalue weighted by atomic mass is 16.2. The first-order chi connectivity index (χ1) is 23.9. The summed E-state index contributed by atoms with van der Waals surface area (Å²) in [5, 5.41) is 35.2. The van der Waals surface area contributed by atoms with E-state index in [0.29, 0.717) is 61.1 Å². The number of tetrazole rings is 1. The monoisotopic (exact) mass is 663 g/mol. The number of nitriles is 1. The lowest BCUT2D eigenvalue weighted by atomic mass is 9.66. The summed E-state index contributed by atoms with van der Waals surface area (Å²) in [4.78, 5) is 41.6. The minimum atomic E-state index is -0.877. The molecule has 0 spiro atoms. The highest BCUT2D eigenvalue weighted by Crippen LogP contribution is 2.49. The van der Waals surface area contributed by atoms with E-state index in [-0.39, 0.29) is 42.4 Å². The van der Waals surface area contributed by atoms with E-state index in [2.05, 4.69) is 42.6 Å². The fourth-order valence-electron chi connectivity index (χ4n) is 8.90. The lowest BCUT2D eigenvalue weighted by Crippen LogP contribution is -2.49. The normalized spacial score (nSPS) is 22.6. The Bertz CT molecular complexity index is 1690. The lowest BCUT2D eigenvalue weighted by Gasteiger charge is -2.39. The molecule has 4 atom stereocenters. The maximum atomic E-state index is 13.7. The number of piperidine rings is 1. The average molecular weight is 664 g/mol. The number of aromatic amines is 1. The van der Waals surface area contributed by atoms with Crippen molar-refractivity contribution >= 4 is 17.7 Å². The van der Waals surface area contributed by atoms with Crippen molar-refractivity contribution in [1.29, 1.82) is 5.26 Å². The van der Waals surface area contributed by atoms with E-state index in [1.54, 1.807) is 0 Å². The smallest absolute Gasteiger partial charge is 0.251 e. The summed E-state index contributed by atoms with van der Waals surface area (Å²) in [6.07, 6.45) is 7.95. The molecule has 4 N–H and O–H groups in total. The largest absolute Gasteiger partial charge is 0.352 e. The molecular formula is C37H45N9O3. The number of aromatic nitrogens is 4. The second kappa shape index (κ2) is 13.7. The summed E-state index contributed by atoms with van der Waals surface area (Å²) in [5.41, 5.74) is 4.35. The van der Waals surface area contributed by atoms with Crippen molar-refractivity contribution in [3.63, 3.8) is 0 Å². The van der Waals surface area contributed by atoms with Crippen LogP contribution in [0.4, 0.5) is 0 Å². The summed E-state index contributed by atoms with van der Waals surface area (Å²) >= 11 is 0. The molecule has 4 aliphatic rings. The van der Waals surface area contributed by atoms with Gasteiger partial charge in [-0.1, -0.05) is 25.0 Å². The summed E-state index contributed by atoms with van der Waals surface area (Å²) in [5.74, 6) is 1.08. The van der Waals surface area contributed by atoms with Gasteiger partial charge in [0.25, 0.3) is 11.8 Å². The van der Waals surface area contributed by atoms with Gasteiger partial charge in [-0.2, -0.15) is 5.26 Å². The molecule has 1 aromatic heterocycles. The van der Waals surface area contributed by atoms with Crippen LogP contribution in [0.5, 0.6) is 0 Å². The van der Waals surface area contributed by atoms with Crippen molar-refractivity contribution in [2.45, 2.75) is 95.2 Å². The second-order valence-electron chi connectivity index (χ2n) is 14.1. The molecule has 1 unspecified atom stereocenters. The Labute approximate surface area is 286 Å². The zero-order valence-electron chi connectivity index (χ0n) is 28.3. The number of likely N-dealkylation sites (tertiary alicyclic amines) is 1. The van der Waals surface area contributed by atoms with Crippen LogP contribution in [-0.4, -0.2) is 81.0 Å². The average Bonchev–Trinajstić information content (AvgIpc) is 3.52. The van der Waals surface area contributed by atoms with Crippen molar-refractivity contribution in [3.05, 3.63) is 75.6 Å². The standard InChI is InChI=1S/C37H45N9O3/c1-3-39-34(48)25-11-13-29-23(15-25)9-10-24-16-26(35(49)40-4-2)12-14-30(24)37(29,36-42-44-45-43-36)19-31(22-7-5-6-8-22)41-21-33(47)46-28(20-38)17-27-18-32(27)46/h11-16,22,27-28,31-32,41H,3-10,17-19,21H2,1-2H3,(H,39,48)(H,40,49)(H,42,43,44,45)/t27-,28?,31-,32+/m1/s1. The number of carbonyl (C=O) groups excluding carboxylic acids is 3. The number of amides is 3. The van der Waals surface area contributed by atoms with Crippen molar-refractivity contribution in [1.82, 2.24) is 41.5 Å². The van der Waals surface area contributed by atoms with Gasteiger partial charge in [-0.05, 0) is 128 Å². The molecule has 3 fully saturated rings. The van der Waals surface area contributed by atoms with Crippen LogP contribution in [0.25, 0.3) is 0 Å². The zero-order chi connectivity index (χ0) is 34.1. The van der Waals surface area contributed by atoms with Gasteiger partial charge in [0.1, 0.15) is 6.04 Å². The van der Waals surface area contributed by atoms with Gasteiger partial charge in [0.05, 0.1) is 18.0 Å². The fraction of sp³-hybridized carbons (Fsp3) is 0.541. The van der Waals surface area contributed by atoms with E-state index in [0.717, 1.165) is 60.8 Å². The summed E-state index contributed by atoms with van der Waals surface area (Å²) in [6.45, 7) is 5.01. The third kappa shape index (κ3) is 6.09. The molecule has 12 nitrogen and oxygen atoms in total. The zero-order valence-corrected chi connectivity index (χ0v) is 28.3. The van der Waals surface area contributed by atoms with Crippen LogP contribution >= 0.6 is 0 Å². The van der Waals surface area contributed by atoms with Crippen molar-refractivity contribution in [2.75, 3.05) is 19.6 Å². The first-order valence-corrected chi connectivity index (χ1v) is 17.9. The third-order valence-electron chi connectivity index (χ3n) is 11.3. The van der Waals surface area contributed by atoms with Gasteiger partial charge < -0.3 is 20.9 Å². The van der Waals surface area contributed by atoms with E-state index in [1.807, 2.05) is 55.1 Å². The molecule has 12 heteroatoms. The summed E-state index contributed by atoms with van der Waals surface area (Å²) in [7, 11) is 0. The van der Waals surface area contributed by atoms with Crippen LogP contribution in [-0.2, 0) is 23.1 Å². The minimum Gasteiger partial charge on any atom is -0.352 e. The van der Waals surface area contributed by atoms with Crippen LogP contribution in [0.2, 0.25) is 0 Å². The molecule has 3 aromatic rings.